The van der Waals surface area contributed by atoms with Gasteiger partial charge < -0.3 is 14.6 Å². The van der Waals surface area contributed by atoms with E-state index in [0.29, 0.717) is 12.1 Å². The van der Waals surface area contributed by atoms with E-state index in [1.165, 1.54) is 12.2 Å². The molecule has 1 amide bonds. The summed E-state index contributed by atoms with van der Waals surface area (Å²) in [7, 11) is 1.61. The Bertz CT molecular complexity index is 907. The Morgan fingerprint density at radius 3 is 2.85 bits per heavy atom. The lowest BCUT2D eigenvalue weighted by Gasteiger charge is -2.07. The third-order valence-corrected chi connectivity index (χ3v) is 4.69. The molecule has 2 aromatic carbocycles. The molecule has 2 heterocycles. The molecule has 1 aliphatic heterocycles. The van der Waals surface area contributed by atoms with Gasteiger partial charge in [-0.15, -0.1) is 0 Å². The number of imidazole rings is 1. The van der Waals surface area contributed by atoms with Gasteiger partial charge in [0.15, 0.2) is 0 Å². The van der Waals surface area contributed by atoms with Gasteiger partial charge in [0.05, 0.1) is 12.8 Å². The van der Waals surface area contributed by atoms with Crippen LogP contribution in [0.25, 0.3) is 11.3 Å². The van der Waals surface area contributed by atoms with E-state index in [2.05, 4.69) is 28.2 Å². The fourth-order valence-electron chi connectivity index (χ4n) is 3.26. The molecule has 0 bridgehead atoms. The SMILES string of the molecule is COc1ccc(C(=O)NCc2cccc(-c3cn4c(n3)CCC4)c2)cc1. The summed E-state index contributed by atoms with van der Waals surface area (Å²) < 4.78 is 7.35. The zero-order chi connectivity index (χ0) is 17.9. The summed E-state index contributed by atoms with van der Waals surface area (Å²) in [5.41, 5.74) is 3.76. The predicted molar refractivity (Wildman–Crippen MR) is 100 cm³/mol. The molecule has 26 heavy (non-hydrogen) atoms. The highest BCUT2D eigenvalue weighted by atomic mass is 16.5. The maximum Gasteiger partial charge on any atom is 0.251 e. The van der Waals surface area contributed by atoms with Crippen molar-refractivity contribution >= 4 is 5.91 Å². The standard InChI is InChI=1S/C21H21N3O2/c1-26-18-9-7-16(8-10-18)21(25)22-13-15-4-2-5-17(12-15)19-14-24-11-3-6-20(24)23-19/h2,4-5,7-10,12,14H,3,6,11,13H2,1H3,(H,22,25). The Morgan fingerprint density at radius 2 is 2.08 bits per heavy atom. The second-order valence-electron chi connectivity index (χ2n) is 6.45. The molecule has 0 aliphatic carbocycles. The van der Waals surface area contributed by atoms with E-state index in [0.717, 1.165) is 35.5 Å². The molecule has 1 N–H and O–H groups in total. The summed E-state index contributed by atoms with van der Waals surface area (Å²) >= 11 is 0. The maximum absolute atomic E-state index is 12.3. The highest BCUT2D eigenvalue weighted by Gasteiger charge is 2.14. The summed E-state index contributed by atoms with van der Waals surface area (Å²) in [6.07, 6.45) is 4.36. The van der Waals surface area contributed by atoms with Crippen LogP contribution in [-0.4, -0.2) is 22.6 Å². The van der Waals surface area contributed by atoms with Crippen molar-refractivity contribution in [3.05, 3.63) is 71.7 Å². The minimum Gasteiger partial charge on any atom is -0.497 e. The van der Waals surface area contributed by atoms with E-state index < -0.39 is 0 Å². The first-order valence-corrected chi connectivity index (χ1v) is 8.80. The molecule has 0 atom stereocenters. The number of benzene rings is 2. The molecule has 0 fully saturated rings. The van der Waals surface area contributed by atoms with Gasteiger partial charge in [0, 0.05) is 36.8 Å². The van der Waals surface area contributed by atoms with Crippen LogP contribution in [0, 0.1) is 0 Å². The van der Waals surface area contributed by atoms with Crippen molar-refractivity contribution in [2.24, 2.45) is 0 Å². The van der Waals surface area contributed by atoms with Crippen molar-refractivity contribution in [2.75, 3.05) is 7.11 Å². The van der Waals surface area contributed by atoms with Crippen LogP contribution < -0.4 is 10.1 Å². The number of hydrogen-bond acceptors (Lipinski definition) is 3. The molecule has 5 nitrogen and oxygen atoms in total. The number of aryl methyl sites for hydroxylation is 2. The van der Waals surface area contributed by atoms with Gasteiger partial charge in [-0.2, -0.15) is 0 Å². The van der Waals surface area contributed by atoms with Crippen molar-refractivity contribution in [3.8, 4) is 17.0 Å². The van der Waals surface area contributed by atoms with Gasteiger partial charge in [0.2, 0.25) is 0 Å². The van der Waals surface area contributed by atoms with E-state index >= 15 is 0 Å². The van der Waals surface area contributed by atoms with Crippen LogP contribution in [0.15, 0.2) is 54.7 Å². The van der Waals surface area contributed by atoms with Crippen molar-refractivity contribution in [1.82, 2.24) is 14.9 Å². The molecule has 1 aromatic heterocycles. The molecule has 1 aliphatic rings. The van der Waals surface area contributed by atoms with Crippen molar-refractivity contribution in [2.45, 2.75) is 25.9 Å². The fraction of sp³-hybridized carbons (Fsp3) is 0.238. The lowest BCUT2D eigenvalue weighted by Crippen LogP contribution is -2.22. The number of methoxy groups -OCH3 is 1. The number of nitrogens with one attached hydrogen (secondary N) is 1. The Hall–Kier alpha value is -3.08. The first-order valence-electron chi connectivity index (χ1n) is 8.80. The van der Waals surface area contributed by atoms with Crippen LogP contribution >= 0.6 is 0 Å². The number of carbonyl (C=O) groups is 1. The van der Waals surface area contributed by atoms with Crippen LogP contribution in [0.1, 0.15) is 28.2 Å². The predicted octanol–water partition coefficient (Wildman–Crippen LogP) is 3.43. The van der Waals surface area contributed by atoms with Gasteiger partial charge in [0.25, 0.3) is 5.91 Å². The number of aromatic nitrogens is 2. The Morgan fingerprint density at radius 1 is 1.23 bits per heavy atom. The summed E-state index contributed by atoms with van der Waals surface area (Å²) in [6.45, 7) is 1.53. The maximum atomic E-state index is 12.3. The second kappa shape index (κ2) is 7.04. The van der Waals surface area contributed by atoms with E-state index in [4.69, 9.17) is 9.72 Å². The molecule has 5 heteroatoms. The average Bonchev–Trinajstić information content (AvgIpc) is 3.28. The average molecular weight is 347 g/mol. The minimum atomic E-state index is -0.0981. The molecule has 3 aromatic rings. The van der Waals surface area contributed by atoms with Crippen LogP contribution in [0.2, 0.25) is 0 Å². The fourth-order valence-corrected chi connectivity index (χ4v) is 3.26. The first kappa shape index (κ1) is 16.4. The number of nitrogens with zero attached hydrogens (tertiary/aromatic N) is 2. The van der Waals surface area contributed by atoms with Crippen LogP contribution in [0.4, 0.5) is 0 Å². The van der Waals surface area contributed by atoms with Gasteiger partial charge in [-0.05, 0) is 42.3 Å². The normalized spacial score (nSPS) is 12.7. The van der Waals surface area contributed by atoms with Crippen LogP contribution in [-0.2, 0) is 19.5 Å². The van der Waals surface area contributed by atoms with Crippen molar-refractivity contribution in [3.63, 3.8) is 0 Å². The number of amides is 1. The molecule has 0 saturated heterocycles. The molecule has 4 rings (SSSR count). The number of carbonyl (C=O) groups excluding carboxylic acids is 1. The summed E-state index contributed by atoms with van der Waals surface area (Å²) in [5.74, 6) is 1.80. The zero-order valence-electron chi connectivity index (χ0n) is 14.7. The Balaban J connectivity index is 1.44. The van der Waals surface area contributed by atoms with Gasteiger partial charge in [0.1, 0.15) is 11.6 Å². The monoisotopic (exact) mass is 347 g/mol. The molecule has 0 radical (unpaired) electrons. The number of fused-ring (bicyclic) bond motifs is 1. The smallest absolute Gasteiger partial charge is 0.251 e. The Labute approximate surface area is 152 Å². The van der Waals surface area contributed by atoms with Crippen molar-refractivity contribution < 1.29 is 9.53 Å². The van der Waals surface area contributed by atoms with Crippen LogP contribution in [0.3, 0.4) is 0 Å². The minimum absolute atomic E-state index is 0.0981. The third-order valence-electron chi connectivity index (χ3n) is 4.69. The quantitative estimate of drug-likeness (QED) is 0.769. The highest BCUT2D eigenvalue weighted by Crippen LogP contribution is 2.23. The molecule has 0 spiro atoms. The van der Waals surface area contributed by atoms with Gasteiger partial charge in [-0.25, -0.2) is 4.98 Å². The summed E-state index contributed by atoms with van der Waals surface area (Å²) in [4.78, 5) is 17.0. The lowest BCUT2D eigenvalue weighted by molar-refractivity contribution is 0.0951. The van der Waals surface area contributed by atoms with Gasteiger partial charge in [-0.3, -0.25) is 4.79 Å². The second-order valence-corrected chi connectivity index (χ2v) is 6.45. The van der Waals surface area contributed by atoms with Crippen molar-refractivity contribution in [1.29, 1.82) is 0 Å². The number of hydrogen-bond donors (Lipinski definition) is 1. The first-order chi connectivity index (χ1) is 12.7. The van der Waals surface area contributed by atoms with Gasteiger partial charge in [-0.1, -0.05) is 18.2 Å². The Kier molecular flexibility index (Phi) is 4.44. The van der Waals surface area contributed by atoms with E-state index in [9.17, 15) is 4.79 Å². The molecular formula is C21H21N3O2. The molecule has 132 valence electrons. The topological polar surface area (TPSA) is 56.1 Å². The lowest BCUT2D eigenvalue weighted by atomic mass is 10.1. The molecular weight excluding hydrogens is 326 g/mol. The van der Waals surface area contributed by atoms with Crippen LogP contribution in [0.5, 0.6) is 5.75 Å². The van der Waals surface area contributed by atoms with Gasteiger partial charge >= 0.3 is 0 Å². The third kappa shape index (κ3) is 3.33. The number of ether oxygens (including phenoxy) is 1. The highest BCUT2D eigenvalue weighted by molar-refractivity contribution is 5.94. The van der Waals surface area contributed by atoms with E-state index in [-0.39, 0.29) is 5.91 Å². The largest absolute Gasteiger partial charge is 0.497 e. The zero-order valence-corrected chi connectivity index (χ0v) is 14.7. The molecule has 0 unspecified atom stereocenters. The summed E-state index contributed by atoms with van der Waals surface area (Å²) in [5, 5.41) is 2.96. The molecule has 0 saturated carbocycles. The van der Waals surface area contributed by atoms with E-state index in [1.807, 2.05) is 12.1 Å². The van der Waals surface area contributed by atoms with E-state index in [1.54, 1.807) is 31.4 Å². The summed E-state index contributed by atoms with van der Waals surface area (Å²) in [6, 6.07) is 15.3. The number of rotatable bonds is 5.